The lowest BCUT2D eigenvalue weighted by atomic mass is 9.98. The van der Waals surface area contributed by atoms with Crippen molar-refractivity contribution in [3.63, 3.8) is 0 Å². The van der Waals surface area contributed by atoms with E-state index in [1.54, 1.807) is 6.07 Å². The molecule has 98 valence electrons. The summed E-state index contributed by atoms with van der Waals surface area (Å²) in [5.41, 5.74) is 1.63. The van der Waals surface area contributed by atoms with E-state index < -0.39 is 0 Å². The summed E-state index contributed by atoms with van der Waals surface area (Å²) in [5.74, 6) is 0.512. The normalized spacial score (nSPS) is 16.6. The molecule has 0 radical (unpaired) electrons. The van der Waals surface area contributed by atoms with Crippen molar-refractivity contribution in [2.24, 2.45) is 5.92 Å². The molecule has 1 aliphatic rings. The predicted molar refractivity (Wildman–Crippen MR) is 74.1 cm³/mol. The molecule has 1 fully saturated rings. The summed E-state index contributed by atoms with van der Waals surface area (Å²) in [6.07, 6.45) is 2.25. The fraction of sp³-hybridized carbons (Fsp3) is 0.500. The fourth-order valence-corrected chi connectivity index (χ4v) is 2.54. The first-order chi connectivity index (χ1) is 8.66. The van der Waals surface area contributed by atoms with Gasteiger partial charge in [-0.25, -0.2) is 0 Å². The molecule has 1 saturated heterocycles. The molecule has 0 atom stereocenters. The van der Waals surface area contributed by atoms with E-state index in [9.17, 15) is 4.79 Å². The molecule has 4 heteroatoms. The molecule has 1 aliphatic heterocycles. The van der Waals surface area contributed by atoms with Crippen molar-refractivity contribution in [1.82, 2.24) is 10.6 Å². The summed E-state index contributed by atoms with van der Waals surface area (Å²) in [7, 11) is 0. The molecular weight excluding hydrogens is 248 g/mol. The first-order valence-electron chi connectivity index (χ1n) is 6.42. The first kappa shape index (κ1) is 13.4. The number of amides is 1. The monoisotopic (exact) mass is 266 g/mol. The molecule has 0 aliphatic carbocycles. The van der Waals surface area contributed by atoms with Gasteiger partial charge in [0.25, 0.3) is 5.91 Å². The third kappa shape index (κ3) is 3.47. The maximum atomic E-state index is 12.0. The van der Waals surface area contributed by atoms with Crippen LogP contribution >= 0.6 is 11.6 Å². The van der Waals surface area contributed by atoms with Crippen LogP contribution in [0.1, 0.15) is 28.8 Å². The Labute approximate surface area is 113 Å². The van der Waals surface area contributed by atoms with Crippen molar-refractivity contribution in [3.05, 3.63) is 34.3 Å². The highest BCUT2D eigenvalue weighted by Crippen LogP contribution is 2.18. The average Bonchev–Trinajstić information content (AvgIpc) is 2.37. The third-order valence-electron chi connectivity index (χ3n) is 3.38. The summed E-state index contributed by atoms with van der Waals surface area (Å²) in [5, 5.41) is 6.82. The summed E-state index contributed by atoms with van der Waals surface area (Å²) in [6.45, 7) is 4.80. The van der Waals surface area contributed by atoms with E-state index in [2.05, 4.69) is 10.6 Å². The van der Waals surface area contributed by atoms with Crippen LogP contribution in [0.3, 0.4) is 0 Å². The highest BCUT2D eigenvalue weighted by molar-refractivity contribution is 6.33. The van der Waals surface area contributed by atoms with E-state index in [1.807, 2.05) is 19.1 Å². The van der Waals surface area contributed by atoms with Gasteiger partial charge in [-0.1, -0.05) is 17.7 Å². The standard InChI is InChI=1S/C14H19ClN2O/c1-10-2-3-12(13(15)8-10)14(18)17-9-11-4-6-16-7-5-11/h2-3,8,11,16H,4-7,9H2,1H3,(H,17,18). The maximum absolute atomic E-state index is 12.0. The van der Waals surface area contributed by atoms with Crippen molar-refractivity contribution >= 4 is 17.5 Å². The van der Waals surface area contributed by atoms with Crippen LogP contribution in [0.4, 0.5) is 0 Å². The number of carbonyl (C=O) groups excluding carboxylic acids is 1. The second kappa shape index (κ2) is 6.21. The smallest absolute Gasteiger partial charge is 0.252 e. The number of hydrogen-bond acceptors (Lipinski definition) is 2. The minimum Gasteiger partial charge on any atom is -0.352 e. The van der Waals surface area contributed by atoms with E-state index >= 15 is 0 Å². The van der Waals surface area contributed by atoms with Gasteiger partial charge in [-0.3, -0.25) is 4.79 Å². The molecule has 0 unspecified atom stereocenters. The molecule has 0 aromatic heterocycles. The van der Waals surface area contributed by atoms with Gasteiger partial charge in [-0.15, -0.1) is 0 Å². The number of hydrogen-bond donors (Lipinski definition) is 2. The van der Waals surface area contributed by atoms with Crippen molar-refractivity contribution in [2.45, 2.75) is 19.8 Å². The molecule has 0 spiro atoms. The van der Waals surface area contributed by atoms with Gasteiger partial charge in [0.15, 0.2) is 0 Å². The van der Waals surface area contributed by atoms with Gasteiger partial charge in [0.05, 0.1) is 10.6 Å². The fourth-order valence-electron chi connectivity index (χ4n) is 2.22. The number of rotatable bonds is 3. The molecule has 3 nitrogen and oxygen atoms in total. The highest BCUT2D eigenvalue weighted by Gasteiger charge is 2.15. The van der Waals surface area contributed by atoms with Gasteiger partial charge in [0.1, 0.15) is 0 Å². The van der Waals surface area contributed by atoms with Crippen LogP contribution in [0.25, 0.3) is 0 Å². The number of piperidine rings is 1. The quantitative estimate of drug-likeness (QED) is 0.882. The Morgan fingerprint density at radius 3 is 2.83 bits per heavy atom. The van der Waals surface area contributed by atoms with Crippen molar-refractivity contribution in [1.29, 1.82) is 0 Å². The van der Waals surface area contributed by atoms with Crippen molar-refractivity contribution < 1.29 is 4.79 Å². The van der Waals surface area contributed by atoms with Gasteiger partial charge < -0.3 is 10.6 Å². The molecule has 18 heavy (non-hydrogen) atoms. The van der Waals surface area contributed by atoms with Crippen LogP contribution in [0, 0.1) is 12.8 Å². The number of nitrogens with one attached hydrogen (secondary N) is 2. The largest absolute Gasteiger partial charge is 0.352 e. The lowest BCUT2D eigenvalue weighted by Crippen LogP contribution is -2.36. The van der Waals surface area contributed by atoms with Gasteiger partial charge in [0.2, 0.25) is 0 Å². The topological polar surface area (TPSA) is 41.1 Å². The number of benzene rings is 1. The van der Waals surface area contributed by atoms with Crippen LogP contribution in [0.15, 0.2) is 18.2 Å². The molecule has 1 heterocycles. The van der Waals surface area contributed by atoms with Crippen LogP contribution in [0.2, 0.25) is 5.02 Å². The second-order valence-corrected chi connectivity index (χ2v) is 5.29. The second-order valence-electron chi connectivity index (χ2n) is 4.89. The number of aryl methyl sites for hydroxylation is 1. The van der Waals surface area contributed by atoms with Crippen LogP contribution in [-0.2, 0) is 0 Å². The average molecular weight is 267 g/mol. The zero-order chi connectivity index (χ0) is 13.0. The van der Waals surface area contributed by atoms with Crippen molar-refractivity contribution in [2.75, 3.05) is 19.6 Å². The summed E-state index contributed by atoms with van der Waals surface area (Å²) in [4.78, 5) is 12.0. The first-order valence-corrected chi connectivity index (χ1v) is 6.79. The molecular formula is C14H19ClN2O. The van der Waals surface area contributed by atoms with Gasteiger partial charge in [0, 0.05) is 6.54 Å². The Morgan fingerprint density at radius 1 is 1.44 bits per heavy atom. The Bertz CT molecular complexity index is 428. The SMILES string of the molecule is Cc1ccc(C(=O)NCC2CCNCC2)c(Cl)c1. The van der Waals surface area contributed by atoms with Crippen LogP contribution in [0.5, 0.6) is 0 Å². The Kier molecular flexibility index (Phi) is 4.61. The Morgan fingerprint density at radius 2 is 2.17 bits per heavy atom. The lowest BCUT2D eigenvalue weighted by molar-refractivity contribution is 0.0944. The number of halogens is 1. The summed E-state index contributed by atoms with van der Waals surface area (Å²) >= 11 is 6.08. The van der Waals surface area contributed by atoms with Crippen LogP contribution < -0.4 is 10.6 Å². The van der Waals surface area contributed by atoms with Crippen LogP contribution in [-0.4, -0.2) is 25.5 Å². The van der Waals surface area contributed by atoms with E-state index in [-0.39, 0.29) is 5.91 Å². The third-order valence-corrected chi connectivity index (χ3v) is 3.69. The molecule has 0 bridgehead atoms. The summed E-state index contributed by atoms with van der Waals surface area (Å²) in [6, 6.07) is 5.52. The highest BCUT2D eigenvalue weighted by atomic mass is 35.5. The molecule has 0 saturated carbocycles. The zero-order valence-electron chi connectivity index (χ0n) is 10.6. The summed E-state index contributed by atoms with van der Waals surface area (Å²) < 4.78 is 0. The van der Waals surface area contributed by atoms with Crippen molar-refractivity contribution in [3.8, 4) is 0 Å². The molecule has 2 N–H and O–H groups in total. The van der Waals surface area contributed by atoms with E-state index in [0.29, 0.717) is 16.5 Å². The Balaban J connectivity index is 1.90. The molecule has 1 aromatic carbocycles. The van der Waals surface area contributed by atoms with E-state index in [0.717, 1.165) is 38.0 Å². The minimum absolute atomic E-state index is 0.0708. The Hall–Kier alpha value is -1.06. The van der Waals surface area contributed by atoms with E-state index in [1.165, 1.54) is 0 Å². The predicted octanol–water partition coefficient (Wildman–Crippen LogP) is 2.38. The molecule has 1 aromatic rings. The molecule has 1 amide bonds. The van der Waals surface area contributed by atoms with E-state index in [4.69, 9.17) is 11.6 Å². The minimum atomic E-state index is -0.0708. The van der Waals surface area contributed by atoms with Gasteiger partial charge in [-0.05, 0) is 56.5 Å². The number of carbonyl (C=O) groups is 1. The zero-order valence-corrected chi connectivity index (χ0v) is 11.4. The molecule has 2 rings (SSSR count). The lowest BCUT2D eigenvalue weighted by Gasteiger charge is -2.22. The maximum Gasteiger partial charge on any atom is 0.252 e. The van der Waals surface area contributed by atoms with Gasteiger partial charge in [-0.2, -0.15) is 0 Å². The van der Waals surface area contributed by atoms with Gasteiger partial charge >= 0.3 is 0 Å².